The fourth-order valence-electron chi connectivity index (χ4n) is 1.20. The third kappa shape index (κ3) is 5.63. The van der Waals surface area contributed by atoms with Crippen LogP contribution in [-0.4, -0.2) is 24.4 Å². The van der Waals surface area contributed by atoms with Gasteiger partial charge in [0.2, 0.25) is 0 Å². The first-order chi connectivity index (χ1) is 7.90. The van der Waals surface area contributed by atoms with Crippen molar-refractivity contribution < 1.29 is 14.3 Å². The summed E-state index contributed by atoms with van der Waals surface area (Å²) in [6.45, 7) is 5.59. The van der Waals surface area contributed by atoms with Gasteiger partial charge in [-0.25, -0.2) is 0 Å². The van der Waals surface area contributed by atoms with Gasteiger partial charge in [0.1, 0.15) is 11.4 Å². The molecule has 3 nitrogen and oxygen atoms in total. The van der Waals surface area contributed by atoms with Gasteiger partial charge in [-0.05, 0) is 39.0 Å². The zero-order valence-corrected chi connectivity index (χ0v) is 11.5. The molecule has 0 heterocycles. The summed E-state index contributed by atoms with van der Waals surface area (Å²) >= 11 is 1.44. The minimum absolute atomic E-state index is 0.203. The number of carbonyl (C=O) groups is 1. The second-order valence-corrected chi connectivity index (χ2v) is 5.60. The molecule has 0 atom stereocenters. The summed E-state index contributed by atoms with van der Waals surface area (Å²) in [5.41, 5.74) is -0.425. The van der Waals surface area contributed by atoms with Gasteiger partial charge in [-0.1, -0.05) is 6.07 Å². The minimum atomic E-state index is -0.425. The average Bonchev–Trinajstić information content (AvgIpc) is 2.24. The third-order valence-corrected chi connectivity index (χ3v) is 2.79. The number of esters is 1. The Kier molecular flexibility index (Phi) is 4.87. The molecule has 0 saturated carbocycles. The fourth-order valence-corrected chi connectivity index (χ4v) is 1.92. The van der Waals surface area contributed by atoms with Crippen molar-refractivity contribution in [3.05, 3.63) is 24.3 Å². The van der Waals surface area contributed by atoms with E-state index in [4.69, 9.17) is 9.47 Å². The van der Waals surface area contributed by atoms with Gasteiger partial charge in [-0.3, -0.25) is 4.79 Å². The van der Waals surface area contributed by atoms with Crippen LogP contribution in [0.5, 0.6) is 5.75 Å². The molecule has 0 unspecified atom stereocenters. The highest BCUT2D eigenvalue weighted by atomic mass is 32.2. The monoisotopic (exact) mass is 254 g/mol. The van der Waals surface area contributed by atoms with Crippen LogP contribution in [0.3, 0.4) is 0 Å². The number of methoxy groups -OCH3 is 1. The van der Waals surface area contributed by atoms with Crippen molar-refractivity contribution in [3.63, 3.8) is 0 Å². The van der Waals surface area contributed by atoms with Crippen LogP contribution in [-0.2, 0) is 9.53 Å². The lowest BCUT2D eigenvalue weighted by Gasteiger charge is -2.19. The predicted octanol–water partition coefficient (Wildman–Crippen LogP) is 3.13. The summed E-state index contributed by atoms with van der Waals surface area (Å²) in [7, 11) is 1.62. The summed E-state index contributed by atoms with van der Waals surface area (Å²) in [4.78, 5) is 12.5. The molecule has 0 spiro atoms. The topological polar surface area (TPSA) is 35.5 Å². The molecule has 0 aromatic heterocycles. The molecule has 0 amide bonds. The summed E-state index contributed by atoms with van der Waals surface area (Å²) < 4.78 is 10.3. The van der Waals surface area contributed by atoms with E-state index in [1.165, 1.54) is 11.8 Å². The highest BCUT2D eigenvalue weighted by Gasteiger charge is 2.16. The van der Waals surface area contributed by atoms with Crippen molar-refractivity contribution in [2.75, 3.05) is 12.9 Å². The van der Waals surface area contributed by atoms with E-state index in [0.717, 1.165) is 10.6 Å². The Morgan fingerprint density at radius 1 is 1.35 bits per heavy atom. The van der Waals surface area contributed by atoms with Crippen LogP contribution in [0, 0.1) is 0 Å². The zero-order chi connectivity index (χ0) is 12.9. The number of thioether (sulfide) groups is 1. The Morgan fingerprint density at radius 3 is 2.65 bits per heavy atom. The van der Waals surface area contributed by atoms with Gasteiger partial charge in [-0.2, -0.15) is 0 Å². The van der Waals surface area contributed by atoms with Gasteiger partial charge in [0.15, 0.2) is 0 Å². The van der Waals surface area contributed by atoms with Crippen LogP contribution in [0.2, 0.25) is 0 Å². The van der Waals surface area contributed by atoms with Crippen molar-refractivity contribution in [2.45, 2.75) is 31.3 Å². The van der Waals surface area contributed by atoms with Crippen molar-refractivity contribution in [3.8, 4) is 5.75 Å². The van der Waals surface area contributed by atoms with E-state index in [1.54, 1.807) is 7.11 Å². The summed E-state index contributed by atoms with van der Waals surface area (Å²) in [6, 6.07) is 7.61. The van der Waals surface area contributed by atoms with E-state index >= 15 is 0 Å². The number of hydrogen-bond donors (Lipinski definition) is 0. The lowest BCUT2D eigenvalue weighted by molar-refractivity contribution is -0.151. The summed E-state index contributed by atoms with van der Waals surface area (Å²) in [6.07, 6.45) is 0. The molecule has 0 bridgehead atoms. The Morgan fingerprint density at radius 2 is 2.06 bits per heavy atom. The molecule has 0 N–H and O–H groups in total. The molecule has 0 aliphatic carbocycles. The molecule has 0 radical (unpaired) electrons. The minimum Gasteiger partial charge on any atom is -0.497 e. The van der Waals surface area contributed by atoms with Crippen molar-refractivity contribution in [2.24, 2.45) is 0 Å². The molecular formula is C13H18O3S. The molecule has 4 heteroatoms. The maximum Gasteiger partial charge on any atom is 0.316 e. The van der Waals surface area contributed by atoms with Crippen LogP contribution >= 0.6 is 11.8 Å². The average molecular weight is 254 g/mol. The van der Waals surface area contributed by atoms with Crippen LogP contribution in [0.25, 0.3) is 0 Å². The number of carbonyl (C=O) groups excluding carboxylic acids is 1. The van der Waals surface area contributed by atoms with Gasteiger partial charge < -0.3 is 9.47 Å². The molecule has 0 aliphatic heterocycles. The standard InChI is InChI=1S/C13H18O3S/c1-13(2,3)16-12(14)9-17-11-7-5-6-10(8-11)15-4/h5-8H,9H2,1-4H3. The lowest BCUT2D eigenvalue weighted by atomic mass is 10.2. The number of benzene rings is 1. The molecule has 94 valence electrons. The van der Waals surface area contributed by atoms with E-state index in [1.807, 2.05) is 45.0 Å². The van der Waals surface area contributed by atoms with Crippen LogP contribution in [0.15, 0.2) is 29.2 Å². The maximum absolute atomic E-state index is 11.5. The number of ether oxygens (including phenoxy) is 2. The van der Waals surface area contributed by atoms with Gasteiger partial charge >= 0.3 is 5.97 Å². The second kappa shape index (κ2) is 5.96. The fraction of sp³-hybridized carbons (Fsp3) is 0.462. The van der Waals surface area contributed by atoms with Crippen molar-refractivity contribution >= 4 is 17.7 Å². The van der Waals surface area contributed by atoms with Crippen LogP contribution < -0.4 is 4.74 Å². The molecule has 1 aromatic rings. The number of rotatable bonds is 4. The molecule has 1 rings (SSSR count). The van der Waals surface area contributed by atoms with E-state index in [-0.39, 0.29) is 5.97 Å². The predicted molar refractivity (Wildman–Crippen MR) is 69.6 cm³/mol. The van der Waals surface area contributed by atoms with E-state index in [9.17, 15) is 4.79 Å². The summed E-state index contributed by atoms with van der Waals surface area (Å²) in [5.74, 6) is 0.897. The van der Waals surface area contributed by atoms with Crippen LogP contribution in [0.4, 0.5) is 0 Å². The largest absolute Gasteiger partial charge is 0.497 e. The van der Waals surface area contributed by atoms with E-state index in [0.29, 0.717) is 5.75 Å². The molecule has 0 aliphatic rings. The molecular weight excluding hydrogens is 236 g/mol. The van der Waals surface area contributed by atoms with Gasteiger partial charge in [-0.15, -0.1) is 11.8 Å². The van der Waals surface area contributed by atoms with Crippen molar-refractivity contribution in [1.82, 2.24) is 0 Å². The molecule has 1 aromatic carbocycles. The first-order valence-corrected chi connectivity index (χ1v) is 6.38. The first kappa shape index (κ1) is 13.9. The highest BCUT2D eigenvalue weighted by molar-refractivity contribution is 8.00. The molecule has 17 heavy (non-hydrogen) atoms. The van der Waals surface area contributed by atoms with Gasteiger partial charge in [0.25, 0.3) is 0 Å². The zero-order valence-electron chi connectivity index (χ0n) is 10.6. The van der Waals surface area contributed by atoms with Crippen molar-refractivity contribution in [1.29, 1.82) is 0 Å². The Hall–Kier alpha value is -1.16. The van der Waals surface area contributed by atoms with E-state index in [2.05, 4.69) is 0 Å². The highest BCUT2D eigenvalue weighted by Crippen LogP contribution is 2.23. The normalized spacial score (nSPS) is 11.1. The first-order valence-electron chi connectivity index (χ1n) is 5.39. The second-order valence-electron chi connectivity index (χ2n) is 4.55. The lowest BCUT2D eigenvalue weighted by Crippen LogP contribution is -2.24. The van der Waals surface area contributed by atoms with Crippen LogP contribution in [0.1, 0.15) is 20.8 Å². The number of hydrogen-bond acceptors (Lipinski definition) is 4. The Balaban J connectivity index is 2.47. The molecule has 0 saturated heterocycles. The van der Waals surface area contributed by atoms with E-state index < -0.39 is 5.60 Å². The van der Waals surface area contributed by atoms with Gasteiger partial charge in [0, 0.05) is 4.90 Å². The molecule has 0 fully saturated rings. The Bertz CT molecular complexity index is 382. The van der Waals surface area contributed by atoms with Gasteiger partial charge in [0.05, 0.1) is 12.9 Å². The third-order valence-electron chi connectivity index (χ3n) is 1.82. The summed E-state index contributed by atoms with van der Waals surface area (Å²) in [5, 5.41) is 0. The smallest absolute Gasteiger partial charge is 0.316 e. The maximum atomic E-state index is 11.5. The SMILES string of the molecule is COc1cccc(SCC(=O)OC(C)(C)C)c1. The Labute approximate surface area is 106 Å². The quantitative estimate of drug-likeness (QED) is 0.611.